The number of nitrogen functional groups attached to an aromatic ring is 1. The lowest BCUT2D eigenvalue weighted by atomic mass is 10.1. The monoisotopic (exact) mass is 324 g/mol. The number of nitrogens with two attached hydrogens (primary N) is 1. The zero-order valence-corrected chi connectivity index (χ0v) is 11.6. The van der Waals surface area contributed by atoms with Crippen LogP contribution in [0.15, 0.2) is 34.8 Å². The van der Waals surface area contributed by atoms with E-state index in [0.717, 1.165) is 4.47 Å². The molecule has 1 aliphatic carbocycles. The predicted molar refractivity (Wildman–Crippen MR) is 74.7 cm³/mol. The molecule has 2 unspecified atom stereocenters. The van der Waals surface area contributed by atoms with Crippen LogP contribution in [0.1, 0.15) is 16.8 Å². The maximum Gasteiger partial charge on any atom is 0.310 e. The molecule has 0 saturated heterocycles. The van der Waals surface area contributed by atoms with Gasteiger partial charge in [0.2, 0.25) is 0 Å². The Labute approximate surface area is 118 Å². The fourth-order valence-electron chi connectivity index (χ4n) is 1.98. The molecule has 1 aliphatic rings. The molecule has 2 atom stereocenters. The number of amides is 1. The van der Waals surface area contributed by atoms with Crippen molar-refractivity contribution in [2.75, 3.05) is 5.73 Å². The Balaban J connectivity index is 2.02. The first-order chi connectivity index (χ1) is 8.95. The molecule has 0 aromatic heterocycles. The average Bonchev–Trinajstić information content (AvgIpc) is 2.76. The van der Waals surface area contributed by atoms with E-state index in [-0.39, 0.29) is 11.9 Å². The lowest BCUT2D eigenvalue weighted by Gasteiger charge is -2.12. The van der Waals surface area contributed by atoms with Crippen molar-refractivity contribution in [2.24, 2.45) is 5.92 Å². The van der Waals surface area contributed by atoms with Crippen molar-refractivity contribution in [2.45, 2.75) is 12.5 Å². The molecule has 2 rings (SSSR count). The lowest BCUT2D eigenvalue weighted by molar-refractivity contribution is -0.140. The number of hydrogen-bond donors (Lipinski definition) is 3. The summed E-state index contributed by atoms with van der Waals surface area (Å²) in [6.07, 6.45) is 3.69. The Morgan fingerprint density at radius 3 is 2.63 bits per heavy atom. The normalized spacial score (nSPS) is 21.3. The summed E-state index contributed by atoms with van der Waals surface area (Å²) >= 11 is 3.27. The van der Waals surface area contributed by atoms with Crippen LogP contribution in [0.5, 0.6) is 0 Å². The molecule has 0 fully saturated rings. The molecule has 1 aromatic carbocycles. The van der Waals surface area contributed by atoms with Crippen LogP contribution in [-0.2, 0) is 4.79 Å². The smallest absolute Gasteiger partial charge is 0.310 e. The van der Waals surface area contributed by atoms with E-state index in [0.29, 0.717) is 17.7 Å². The van der Waals surface area contributed by atoms with Crippen molar-refractivity contribution in [3.05, 3.63) is 40.4 Å². The van der Waals surface area contributed by atoms with Crippen LogP contribution < -0.4 is 11.1 Å². The van der Waals surface area contributed by atoms with Crippen molar-refractivity contribution >= 4 is 33.5 Å². The van der Waals surface area contributed by atoms with Crippen LogP contribution in [0, 0.1) is 5.92 Å². The molecule has 0 bridgehead atoms. The summed E-state index contributed by atoms with van der Waals surface area (Å²) in [5.74, 6) is -1.67. The minimum atomic E-state index is -0.875. The van der Waals surface area contributed by atoms with Crippen molar-refractivity contribution < 1.29 is 14.7 Å². The highest BCUT2D eigenvalue weighted by Gasteiger charge is 2.25. The van der Waals surface area contributed by atoms with Gasteiger partial charge >= 0.3 is 5.97 Å². The largest absolute Gasteiger partial charge is 0.481 e. The van der Waals surface area contributed by atoms with Crippen molar-refractivity contribution in [3.63, 3.8) is 0 Å². The van der Waals surface area contributed by atoms with Gasteiger partial charge in [-0.15, -0.1) is 0 Å². The lowest BCUT2D eigenvalue weighted by Crippen LogP contribution is -2.33. The molecular weight excluding hydrogens is 312 g/mol. The molecule has 6 heteroatoms. The van der Waals surface area contributed by atoms with E-state index in [1.807, 2.05) is 0 Å². The van der Waals surface area contributed by atoms with Gasteiger partial charge in [0.15, 0.2) is 0 Å². The second kappa shape index (κ2) is 5.44. The molecule has 4 N–H and O–H groups in total. The van der Waals surface area contributed by atoms with Gasteiger partial charge in [0.1, 0.15) is 0 Å². The van der Waals surface area contributed by atoms with Gasteiger partial charge in [-0.05, 0) is 24.6 Å². The van der Waals surface area contributed by atoms with E-state index in [4.69, 9.17) is 10.8 Å². The number of rotatable bonds is 3. The number of anilines is 1. The third-order valence-electron chi connectivity index (χ3n) is 2.90. The van der Waals surface area contributed by atoms with Gasteiger partial charge in [-0.25, -0.2) is 0 Å². The van der Waals surface area contributed by atoms with Gasteiger partial charge < -0.3 is 16.2 Å². The number of nitrogens with one attached hydrogen (secondary N) is 1. The molecule has 100 valence electrons. The average molecular weight is 325 g/mol. The van der Waals surface area contributed by atoms with E-state index in [9.17, 15) is 9.59 Å². The number of benzene rings is 1. The zero-order chi connectivity index (χ0) is 14.0. The third kappa shape index (κ3) is 3.35. The van der Waals surface area contributed by atoms with Crippen LogP contribution in [0.4, 0.5) is 5.69 Å². The first-order valence-electron chi connectivity index (χ1n) is 5.74. The van der Waals surface area contributed by atoms with E-state index < -0.39 is 11.9 Å². The Bertz CT molecular complexity index is 537. The minimum absolute atomic E-state index is 0.256. The molecule has 0 saturated carbocycles. The summed E-state index contributed by atoms with van der Waals surface area (Å²) in [6.45, 7) is 0. The van der Waals surface area contributed by atoms with Crippen LogP contribution in [0.3, 0.4) is 0 Å². The first kappa shape index (κ1) is 13.6. The quantitative estimate of drug-likeness (QED) is 0.583. The molecule has 1 aromatic rings. The topological polar surface area (TPSA) is 92.4 Å². The van der Waals surface area contributed by atoms with Crippen molar-refractivity contribution in [1.82, 2.24) is 5.32 Å². The van der Waals surface area contributed by atoms with Crippen LogP contribution in [0.25, 0.3) is 0 Å². The van der Waals surface area contributed by atoms with E-state index in [1.54, 1.807) is 30.4 Å². The summed E-state index contributed by atoms with van der Waals surface area (Å²) in [5, 5.41) is 11.6. The maximum atomic E-state index is 12.0. The number of carbonyl (C=O) groups is 2. The molecule has 0 radical (unpaired) electrons. The van der Waals surface area contributed by atoms with Crippen LogP contribution >= 0.6 is 15.9 Å². The number of carbonyl (C=O) groups excluding carboxylic acids is 1. The van der Waals surface area contributed by atoms with Crippen LogP contribution in [-0.4, -0.2) is 23.0 Å². The van der Waals surface area contributed by atoms with E-state index in [2.05, 4.69) is 21.2 Å². The molecular formula is C13H13BrN2O3. The van der Waals surface area contributed by atoms with Gasteiger partial charge in [0.05, 0.1) is 5.92 Å². The Hall–Kier alpha value is -1.82. The van der Waals surface area contributed by atoms with E-state index in [1.165, 1.54) is 0 Å². The summed E-state index contributed by atoms with van der Waals surface area (Å²) < 4.78 is 0.725. The second-order valence-electron chi connectivity index (χ2n) is 4.42. The number of halogens is 1. The second-order valence-corrected chi connectivity index (χ2v) is 5.33. The van der Waals surface area contributed by atoms with Gasteiger partial charge in [-0.1, -0.05) is 28.1 Å². The first-order valence-corrected chi connectivity index (χ1v) is 6.53. The Morgan fingerprint density at radius 2 is 2.05 bits per heavy atom. The number of hydrogen-bond acceptors (Lipinski definition) is 3. The maximum absolute atomic E-state index is 12.0. The summed E-state index contributed by atoms with van der Waals surface area (Å²) in [4.78, 5) is 22.8. The number of aliphatic carboxylic acids is 1. The molecule has 0 spiro atoms. The highest BCUT2D eigenvalue weighted by atomic mass is 79.9. The van der Waals surface area contributed by atoms with Crippen molar-refractivity contribution in [1.29, 1.82) is 0 Å². The highest BCUT2D eigenvalue weighted by Crippen LogP contribution is 2.20. The van der Waals surface area contributed by atoms with Crippen molar-refractivity contribution in [3.8, 4) is 0 Å². The summed E-state index contributed by atoms with van der Waals surface area (Å²) in [7, 11) is 0. The number of carboxylic acids is 1. The van der Waals surface area contributed by atoms with E-state index >= 15 is 0 Å². The molecule has 0 aliphatic heterocycles. The van der Waals surface area contributed by atoms with Gasteiger partial charge in [-0.3, -0.25) is 9.59 Å². The molecule has 1 amide bonds. The molecule has 5 nitrogen and oxygen atoms in total. The summed E-state index contributed by atoms with van der Waals surface area (Å²) in [6, 6.07) is 4.69. The van der Waals surface area contributed by atoms with Crippen LogP contribution in [0.2, 0.25) is 0 Å². The predicted octanol–water partition coefficient (Wildman–Crippen LogP) is 1.79. The van der Waals surface area contributed by atoms with Gasteiger partial charge in [0.25, 0.3) is 5.91 Å². The summed E-state index contributed by atoms with van der Waals surface area (Å²) in [5.41, 5.74) is 6.60. The van der Waals surface area contributed by atoms with Gasteiger partial charge in [0, 0.05) is 21.8 Å². The van der Waals surface area contributed by atoms with Gasteiger partial charge in [-0.2, -0.15) is 0 Å². The number of carboxylic acid groups (broad SMARTS) is 1. The standard InChI is InChI=1S/C13H13BrN2O3/c14-9-3-8(4-10(15)6-9)12(17)16-11-2-1-7(5-11)13(18)19/h1-4,6-7,11H,5,15H2,(H,16,17)(H,18,19). The fourth-order valence-corrected chi connectivity index (χ4v) is 2.50. The molecule has 19 heavy (non-hydrogen) atoms. The Kier molecular flexibility index (Phi) is 3.90. The zero-order valence-electron chi connectivity index (χ0n) is 9.97. The Morgan fingerprint density at radius 1 is 1.32 bits per heavy atom. The highest BCUT2D eigenvalue weighted by molar-refractivity contribution is 9.10. The SMILES string of the molecule is Nc1cc(Br)cc(C(=O)NC2C=CC(C(=O)O)C2)c1. The molecule has 0 heterocycles. The fraction of sp³-hybridized carbons (Fsp3) is 0.231. The third-order valence-corrected chi connectivity index (χ3v) is 3.36. The minimum Gasteiger partial charge on any atom is -0.481 e.